The monoisotopic (exact) mass is 1840 g/mol. The molecule has 134 heavy (non-hydrogen) atoms. The Kier molecular flexibility index (Phi) is 28.5. The molecule has 0 spiro atoms. The molecule has 6 aromatic carbocycles. The van der Waals surface area contributed by atoms with E-state index in [0.29, 0.717) is 45.3 Å². The van der Waals surface area contributed by atoms with Gasteiger partial charge in [0.15, 0.2) is 28.2 Å². The third kappa shape index (κ3) is 21.0. The fourth-order valence-electron chi connectivity index (χ4n) is 15.6. The summed E-state index contributed by atoms with van der Waals surface area (Å²) in [6, 6.07) is 47.5. The van der Waals surface area contributed by atoms with Crippen molar-refractivity contribution in [2.75, 3.05) is 51.0 Å². The lowest BCUT2D eigenvalue weighted by atomic mass is 9.77. The summed E-state index contributed by atoms with van der Waals surface area (Å²) in [5.74, 6) is -0.873. The Morgan fingerprint density at radius 1 is 0.381 bits per heavy atom. The molecule has 1 unspecified atom stereocenters. The Hall–Kier alpha value is -16.1. The summed E-state index contributed by atoms with van der Waals surface area (Å²) in [7, 11) is 0. The minimum Gasteiger partial charge on any atom is -0.462 e. The van der Waals surface area contributed by atoms with Crippen molar-refractivity contribution in [3.05, 3.63) is 309 Å². The zero-order valence-corrected chi connectivity index (χ0v) is 73.6. The minimum absolute atomic E-state index is 0.0108. The normalized spacial score (nSPS) is 13.5. The number of aromatic amines is 5. The van der Waals surface area contributed by atoms with Gasteiger partial charge in [0.2, 0.25) is 0 Å². The second-order valence-corrected chi connectivity index (χ2v) is 31.4. The Morgan fingerprint density at radius 3 is 1.01 bits per heavy atom. The second kappa shape index (κ2) is 40.5. The molecule has 1 aliphatic carbocycles. The van der Waals surface area contributed by atoms with Gasteiger partial charge in [-0.15, -0.1) is 0 Å². The topological polar surface area (TPSA) is 395 Å². The zero-order valence-electron chi connectivity index (χ0n) is 73.6. The average molecular weight is 1840 g/mol. The number of hydrogen-bond donors (Lipinski definition) is 5. The molecule has 0 bridgehead atoms. The van der Waals surface area contributed by atoms with Crippen molar-refractivity contribution in [2.24, 2.45) is 5.41 Å². The van der Waals surface area contributed by atoms with Crippen LogP contribution < -0.4 is 37.4 Å². The first-order valence-electron chi connectivity index (χ1n) is 42.8. The third-order valence-electron chi connectivity index (χ3n) is 22.2. The number of halogens is 6. The van der Waals surface area contributed by atoms with Crippen molar-refractivity contribution < 1.29 is 78.7 Å². The number of esters is 5. The maximum atomic E-state index is 12.9. The predicted molar refractivity (Wildman–Crippen MR) is 484 cm³/mol. The highest BCUT2D eigenvalue weighted by Crippen LogP contribution is 2.49. The van der Waals surface area contributed by atoms with Crippen LogP contribution in [0.4, 0.5) is 32.0 Å². The van der Waals surface area contributed by atoms with E-state index in [1.807, 2.05) is 66.7 Å². The summed E-state index contributed by atoms with van der Waals surface area (Å²) >= 11 is 0. The number of anilines is 1. The molecule has 0 amide bonds. The van der Waals surface area contributed by atoms with Gasteiger partial charge in [-0.2, -0.15) is 26.3 Å². The van der Waals surface area contributed by atoms with Crippen molar-refractivity contribution in [1.82, 2.24) is 73.0 Å². The summed E-state index contributed by atoms with van der Waals surface area (Å²) in [6.07, 6.45) is 5.46. The number of carbonyl (C=O) groups excluding carboxylic acids is 5. The molecular weight excluding hydrogens is 1750 g/mol. The van der Waals surface area contributed by atoms with Gasteiger partial charge in [-0.25, -0.2) is 71.5 Å². The van der Waals surface area contributed by atoms with Crippen LogP contribution in [-0.4, -0.2) is 149 Å². The molecule has 11 heterocycles. The van der Waals surface area contributed by atoms with Crippen molar-refractivity contribution in [1.29, 1.82) is 0 Å². The molecule has 32 nitrogen and oxygen atoms in total. The van der Waals surface area contributed by atoms with E-state index in [-0.39, 0.29) is 123 Å². The first-order chi connectivity index (χ1) is 64.3. The van der Waals surface area contributed by atoms with Gasteiger partial charge in [-0.05, 0) is 169 Å². The highest BCUT2D eigenvalue weighted by atomic mass is 19.4. The molecule has 1 saturated carbocycles. The first-order valence-corrected chi connectivity index (χ1v) is 42.8. The highest BCUT2D eigenvalue weighted by molar-refractivity contribution is 5.99. The number of alkyl halides is 6. The van der Waals surface area contributed by atoms with Gasteiger partial charge >= 0.3 is 42.2 Å². The van der Waals surface area contributed by atoms with E-state index >= 15 is 0 Å². The van der Waals surface area contributed by atoms with Crippen molar-refractivity contribution in [2.45, 2.75) is 112 Å². The number of para-hydroxylation sites is 1. The smallest absolute Gasteiger partial charge is 0.416 e. The quantitative estimate of drug-likeness (QED) is 0.0285. The van der Waals surface area contributed by atoms with Gasteiger partial charge in [0, 0.05) is 108 Å². The van der Waals surface area contributed by atoms with Gasteiger partial charge in [-0.1, -0.05) is 93.1 Å². The number of nitrogens with zero attached hydrogens (tertiary/aromatic N) is 11. The van der Waals surface area contributed by atoms with Crippen LogP contribution in [0.3, 0.4) is 0 Å². The van der Waals surface area contributed by atoms with Crippen molar-refractivity contribution in [3.63, 3.8) is 0 Å². The van der Waals surface area contributed by atoms with E-state index in [1.54, 1.807) is 46.8 Å². The average Bonchev–Trinajstić information content (AvgIpc) is 1.56. The number of fused-ring (bicyclic) bond motifs is 5. The highest BCUT2D eigenvalue weighted by Gasteiger charge is 2.37. The number of nitrogens with one attached hydrogen (secondary N) is 5. The lowest BCUT2D eigenvalue weighted by molar-refractivity contribution is -0.138. The van der Waals surface area contributed by atoms with Gasteiger partial charge in [-0.3, -0.25) is 49.5 Å². The fourth-order valence-corrected chi connectivity index (χ4v) is 15.6. The molecule has 5 N–H and O–H groups in total. The van der Waals surface area contributed by atoms with Crippen LogP contribution in [0.5, 0.6) is 11.5 Å². The summed E-state index contributed by atoms with van der Waals surface area (Å²) in [4.78, 5) is 146. The summed E-state index contributed by atoms with van der Waals surface area (Å²) < 4.78 is 113. The SMILES string of the molecule is CCOC(=O)c1c[nH]n2c(=O)cc(-c3ccc(C(F)(F)F)c(C)c3)nc12.CCOC(=O)c1c[nH]n2c(=O)cc(-c3ccc(C(F)(F)F)cc3)nc12.CCOC(=O)c1c[nH]n2c(=O)cc(-c3ccc(C4CCCC4(C)C)cc3)nc12.CCOC(=O)c1c[nH]n2c(=O)cc(-c3ccc(N4CCCCC4)cc3)nc12.CCOC(=O)c1c[nH]n2c(=O)cc(-c3ccc(Oc4ccccc4)cc3)nc12. The Bertz CT molecular complexity index is 7330. The molecule has 1 atom stereocenters. The van der Waals surface area contributed by atoms with E-state index in [9.17, 15) is 74.3 Å². The predicted octanol–water partition coefficient (Wildman–Crippen LogP) is 16.8. The molecule has 1 aliphatic heterocycles. The Morgan fingerprint density at radius 2 is 0.694 bits per heavy atom. The number of hydrogen-bond acceptors (Lipinski definition) is 22. The van der Waals surface area contributed by atoms with E-state index in [2.05, 4.69) is 93.4 Å². The molecule has 38 heteroatoms. The molecule has 0 radical (unpaired) electrons. The van der Waals surface area contributed by atoms with E-state index in [0.717, 1.165) is 62.8 Å². The van der Waals surface area contributed by atoms with E-state index < -0.39 is 64.4 Å². The lowest BCUT2D eigenvalue weighted by Gasteiger charge is -2.28. The Balaban J connectivity index is 0.000000134. The standard InChI is InChI=1S/C22H25N3O3.C21H17N3O4.C20H22N4O3.C17H14F3N3O3.C16H12F3N3O3/c1-4-28-21(27)16-13-23-25-19(26)12-18(24-20(16)25)15-9-7-14(8-10-15)17-6-5-11-22(17,2)3;1-2-27-21(26)17-13-22-24-19(25)12-18(23-20(17)24)14-8-10-16(11-9-14)28-15-6-4-3-5-7-15;1-2-27-20(26)16-13-21-24-18(25)12-17(22-19(16)24)14-6-8-15(9-7-14)23-10-4-3-5-11-23;1-3-26-16(25)11-8-21-23-14(24)7-13(22-15(11)23)10-4-5-12(9(2)6-10)17(18,19)20;1-2-25-15(24)11-8-20-22-13(23)7-12(21-14(11)22)9-3-5-10(6-4-9)16(17,18)19/h7-10,12-13,17,23H,4-6,11H2,1-3H3;3-13,22H,2H2,1H3;6-9,12-13,21H,2-5,10-11H2,1H3;4-8,21H,3H2,1-2H3;3-8,20H,2H2,1H3. The van der Waals surface area contributed by atoms with Crippen LogP contribution in [0, 0.1) is 12.3 Å². The number of piperidine rings is 1. The molecule has 692 valence electrons. The van der Waals surface area contributed by atoms with Crippen LogP contribution in [0.15, 0.2) is 231 Å². The van der Waals surface area contributed by atoms with Crippen LogP contribution in [-0.2, 0) is 36.0 Å². The van der Waals surface area contributed by atoms with Crippen molar-refractivity contribution >= 4 is 63.8 Å². The zero-order chi connectivity index (χ0) is 95.5. The minimum atomic E-state index is -4.46. The number of H-pyrrole nitrogens is 5. The molecule has 18 rings (SSSR count). The lowest BCUT2D eigenvalue weighted by Crippen LogP contribution is -2.29. The van der Waals surface area contributed by atoms with Crippen LogP contribution in [0.2, 0.25) is 0 Å². The van der Waals surface area contributed by atoms with E-state index in [4.69, 9.17) is 28.4 Å². The summed E-state index contributed by atoms with van der Waals surface area (Å²) in [5, 5.41) is 13.5. The molecule has 16 aromatic rings. The van der Waals surface area contributed by atoms with Gasteiger partial charge in [0.25, 0.3) is 27.8 Å². The maximum absolute atomic E-state index is 12.9. The fraction of sp³-hybridized carbons (Fsp3) is 0.260. The van der Waals surface area contributed by atoms with Gasteiger partial charge in [0.05, 0.1) is 72.6 Å². The largest absolute Gasteiger partial charge is 0.462 e. The number of rotatable bonds is 19. The first kappa shape index (κ1) is 94.1. The second-order valence-electron chi connectivity index (χ2n) is 31.4. The number of benzene rings is 6. The number of ether oxygens (including phenoxy) is 6. The Labute approximate surface area is 757 Å². The van der Waals surface area contributed by atoms with E-state index in [1.165, 1.54) is 156 Å². The summed E-state index contributed by atoms with van der Waals surface area (Å²) in [5.41, 5.74) is 6.09. The maximum Gasteiger partial charge on any atom is 0.416 e. The molecule has 2 aliphatic rings. The molecule has 10 aromatic heterocycles. The molecule has 1 saturated heterocycles. The number of carbonyl (C=O) groups is 5. The van der Waals surface area contributed by atoms with Crippen LogP contribution in [0.25, 0.3) is 84.5 Å². The summed E-state index contributed by atoms with van der Waals surface area (Å²) in [6.45, 7) is 17.7. The van der Waals surface area contributed by atoms with Crippen LogP contribution in [0.1, 0.15) is 167 Å². The van der Waals surface area contributed by atoms with Gasteiger partial charge in [0.1, 0.15) is 39.3 Å². The number of aryl methyl sites for hydroxylation is 1. The third-order valence-corrected chi connectivity index (χ3v) is 22.2. The van der Waals surface area contributed by atoms with Gasteiger partial charge < -0.3 is 33.3 Å². The van der Waals surface area contributed by atoms with Crippen LogP contribution >= 0.6 is 0 Å². The van der Waals surface area contributed by atoms with Crippen molar-refractivity contribution in [3.8, 4) is 67.8 Å². The molecule has 2 fully saturated rings. The molecular formula is C96H90F6N16O16. The number of aromatic nitrogens is 15.